The largest absolute Gasteiger partial charge is 0.359 e. The molecular weight excluding hydrogens is 290 g/mol. The van der Waals surface area contributed by atoms with Crippen molar-refractivity contribution in [2.75, 3.05) is 13.1 Å². The molecule has 2 atom stereocenters. The molecule has 23 heavy (non-hydrogen) atoms. The van der Waals surface area contributed by atoms with Crippen LogP contribution in [0.3, 0.4) is 0 Å². The van der Waals surface area contributed by atoms with Gasteiger partial charge in [-0.1, -0.05) is 27.7 Å². The van der Waals surface area contributed by atoms with Gasteiger partial charge < -0.3 is 4.90 Å². The van der Waals surface area contributed by atoms with Gasteiger partial charge in [-0.2, -0.15) is 0 Å². The summed E-state index contributed by atoms with van der Waals surface area (Å²) in [5, 5.41) is 10.9. The number of piperidine rings is 1. The van der Waals surface area contributed by atoms with Crippen molar-refractivity contribution in [1.82, 2.24) is 4.90 Å². The van der Waals surface area contributed by atoms with Gasteiger partial charge in [-0.25, -0.2) is 4.99 Å². The van der Waals surface area contributed by atoms with Crippen molar-refractivity contribution in [3.63, 3.8) is 0 Å². The Bertz CT molecular complexity index is 600. The van der Waals surface area contributed by atoms with Crippen LogP contribution in [0.1, 0.15) is 39.7 Å². The number of nitrogens with zero attached hydrogens (tertiary/aromatic N) is 3. The normalized spacial score (nSPS) is 22.5. The monoisotopic (exact) mass is 317 g/mol. The predicted octanol–water partition coefficient (Wildman–Crippen LogP) is 4.57. The van der Waals surface area contributed by atoms with Crippen LogP contribution in [0.2, 0.25) is 0 Å². The molecule has 0 radical (unpaired) electrons. The highest BCUT2D eigenvalue weighted by atomic mass is 16.6. The lowest BCUT2D eigenvalue weighted by atomic mass is 9.91. The summed E-state index contributed by atoms with van der Waals surface area (Å²) in [6.45, 7) is 12.8. The van der Waals surface area contributed by atoms with Crippen molar-refractivity contribution in [1.29, 1.82) is 0 Å². The number of aryl methyl sites for hydroxylation is 1. The third-order valence-electron chi connectivity index (χ3n) is 4.34. The van der Waals surface area contributed by atoms with Gasteiger partial charge in [0.05, 0.1) is 10.6 Å². The van der Waals surface area contributed by atoms with Crippen molar-refractivity contribution in [3.8, 4) is 0 Å². The number of aliphatic imine (C=N–C) groups is 1. The van der Waals surface area contributed by atoms with Gasteiger partial charge in [0.1, 0.15) is 5.84 Å². The van der Waals surface area contributed by atoms with Crippen LogP contribution in [-0.4, -0.2) is 28.7 Å². The maximum Gasteiger partial charge on any atom is 0.269 e. The second-order valence-corrected chi connectivity index (χ2v) is 7.20. The highest BCUT2D eigenvalue weighted by molar-refractivity contribution is 5.87. The number of likely N-dealkylation sites (tertiary alicyclic amines) is 1. The lowest BCUT2D eigenvalue weighted by Crippen LogP contribution is -2.44. The van der Waals surface area contributed by atoms with E-state index in [-0.39, 0.29) is 10.6 Å². The van der Waals surface area contributed by atoms with Crippen LogP contribution in [0, 0.1) is 34.8 Å². The molecule has 5 nitrogen and oxygen atoms in total. The van der Waals surface area contributed by atoms with Crippen molar-refractivity contribution in [3.05, 3.63) is 33.9 Å². The third kappa shape index (κ3) is 4.30. The zero-order chi connectivity index (χ0) is 17.1. The summed E-state index contributed by atoms with van der Waals surface area (Å²) in [5.74, 6) is 2.74. The van der Waals surface area contributed by atoms with E-state index in [2.05, 4.69) is 32.6 Å². The molecule has 0 spiro atoms. The Morgan fingerprint density at radius 1 is 1.30 bits per heavy atom. The Morgan fingerprint density at radius 3 is 2.39 bits per heavy atom. The number of amidine groups is 1. The van der Waals surface area contributed by atoms with Crippen LogP contribution in [-0.2, 0) is 0 Å². The Morgan fingerprint density at radius 2 is 1.91 bits per heavy atom. The van der Waals surface area contributed by atoms with Crippen LogP contribution in [0.4, 0.5) is 11.4 Å². The molecule has 1 fully saturated rings. The molecule has 5 heteroatoms. The zero-order valence-corrected chi connectivity index (χ0v) is 14.7. The van der Waals surface area contributed by atoms with E-state index in [1.807, 2.05) is 6.92 Å². The van der Waals surface area contributed by atoms with E-state index in [4.69, 9.17) is 4.99 Å². The minimum absolute atomic E-state index is 0.118. The first-order chi connectivity index (χ1) is 10.8. The number of nitro benzene ring substituents is 1. The number of benzene rings is 1. The van der Waals surface area contributed by atoms with E-state index < -0.39 is 0 Å². The SMILES string of the molecule is Cc1cc([N+](=O)[O-])ccc1N=C(C(C)C)N1C[C@H](C)C[C@@H](C)C1. The van der Waals surface area contributed by atoms with Gasteiger partial charge in [-0.15, -0.1) is 0 Å². The number of rotatable bonds is 3. The molecule has 0 saturated carbocycles. The molecule has 1 aliphatic rings. The first kappa shape index (κ1) is 17.4. The van der Waals surface area contributed by atoms with Crippen molar-refractivity contribution < 1.29 is 4.92 Å². The molecule has 0 unspecified atom stereocenters. The number of non-ortho nitro benzene ring substituents is 1. The van der Waals surface area contributed by atoms with Gasteiger partial charge in [-0.05, 0) is 36.8 Å². The first-order valence-electron chi connectivity index (χ1n) is 8.36. The molecule has 1 heterocycles. The lowest BCUT2D eigenvalue weighted by Gasteiger charge is -2.38. The van der Waals surface area contributed by atoms with E-state index in [1.165, 1.54) is 12.5 Å². The van der Waals surface area contributed by atoms with E-state index >= 15 is 0 Å². The van der Waals surface area contributed by atoms with E-state index in [1.54, 1.807) is 12.1 Å². The summed E-state index contributed by atoms with van der Waals surface area (Å²) < 4.78 is 0. The fourth-order valence-electron chi connectivity index (χ4n) is 3.42. The van der Waals surface area contributed by atoms with Gasteiger partial charge in [0.15, 0.2) is 0 Å². The number of hydrogen-bond acceptors (Lipinski definition) is 3. The van der Waals surface area contributed by atoms with Crippen molar-refractivity contribution >= 4 is 17.2 Å². The summed E-state index contributed by atoms with van der Waals surface area (Å²) in [7, 11) is 0. The van der Waals surface area contributed by atoms with Gasteiger partial charge >= 0.3 is 0 Å². The van der Waals surface area contributed by atoms with Gasteiger partial charge in [0, 0.05) is 31.1 Å². The minimum Gasteiger partial charge on any atom is -0.359 e. The second kappa shape index (κ2) is 7.11. The standard InChI is InChI=1S/C18H27N3O2/c1-12(2)18(20-10-13(3)8-14(4)11-20)19-17-7-6-16(21(22)23)9-15(17)5/h6-7,9,12-14H,8,10-11H2,1-5H3/t13-,14-/m1/s1. The van der Waals surface area contributed by atoms with Gasteiger partial charge in [0.25, 0.3) is 5.69 Å². The van der Waals surface area contributed by atoms with Crippen LogP contribution >= 0.6 is 0 Å². The Kier molecular flexibility index (Phi) is 5.39. The molecule has 1 aromatic carbocycles. The van der Waals surface area contributed by atoms with Crippen LogP contribution in [0.25, 0.3) is 0 Å². The highest BCUT2D eigenvalue weighted by Crippen LogP contribution is 2.27. The lowest BCUT2D eigenvalue weighted by molar-refractivity contribution is -0.384. The fourth-order valence-corrected chi connectivity index (χ4v) is 3.42. The first-order valence-corrected chi connectivity index (χ1v) is 8.36. The zero-order valence-electron chi connectivity index (χ0n) is 14.7. The molecule has 0 aliphatic carbocycles. The minimum atomic E-state index is -0.363. The molecular formula is C18H27N3O2. The quantitative estimate of drug-likeness (QED) is 0.355. The Hall–Kier alpha value is -1.91. The van der Waals surface area contributed by atoms with E-state index in [9.17, 15) is 10.1 Å². The average molecular weight is 317 g/mol. The summed E-state index contributed by atoms with van der Waals surface area (Å²) >= 11 is 0. The number of hydrogen-bond donors (Lipinski definition) is 0. The molecule has 0 bridgehead atoms. The molecule has 1 aliphatic heterocycles. The molecule has 1 saturated heterocycles. The summed E-state index contributed by atoms with van der Waals surface area (Å²) in [6.07, 6.45) is 1.26. The summed E-state index contributed by atoms with van der Waals surface area (Å²) in [5.41, 5.74) is 1.79. The maximum absolute atomic E-state index is 10.9. The fraction of sp³-hybridized carbons (Fsp3) is 0.611. The smallest absolute Gasteiger partial charge is 0.269 e. The van der Waals surface area contributed by atoms with E-state index in [0.29, 0.717) is 17.8 Å². The topological polar surface area (TPSA) is 58.7 Å². The average Bonchev–Trinajstić information content (AvgIpc) is 2.44. The Labute approximate surface area is 138 Å². The summed E-state index contributed by atoms with van der Waals surface area (Å²) in [6, 6.07) is 4.89. The van der Waals surface area contributed by atoms with Crippen molar-refractivity contribution in [2.24, 2.45) is 22.7 Å². The summed E-state index contributed by atoms with van der Waals surface area (Å²) in [4.78, 5) is 17.8. The molecule has 0 amide bonds. The second-order valence-electron chi connectivity index (χ2n) is 7.20. The van der Waals surface area contributed by atoms with Crippen molar-refractivity contribution in [2.45, 2.75) is 41.0 Å². The van der Waals surface area contributed by atoms with Crippen LogP contribution < -0.4 is 0 Å². The van der Waals surface area contributed by atoms with Crippen LogP contribution in [0.5, 0.6) is 0 Å². The van der Waals surface area contributed by atoms with Gasteiger partial charge in [-0.3, -0.25) is 10.1 Å². The molecule has 126 valence electrons. The predicted molar refractivity (Wildman–Crippen MR) is 94.3 cm³/mol. The molecule has 0 N–H and O–H groups in total. The maximum atomic E-state index is 10.9. The third-order valence-corrected chi connectivity index (χ3v) is 4.34. The highest BCUT2D eigenvalue weighted by Gasteiger charge is 2.25. The van der Waals surface area contributed by atoms with Crippen LogP contribution in [0.15, 0.2) is 23.2 Å². The number of nitro groups is 1. The molecule has 2 rings (SSSR count). The molecule has 0 aromatic heterocycles. The molecule has 1 aromatic rings. The van der Waals surface area contributed by atoms with Gasteiger partial charge in [0.2, 0.25) is 0 Å². The van der Waals surface area contributed by atoms with E-state index in [0.717, 1.165) is 30.2 Å². The Balaban J connectivity index is 2.34.